The lowest BCUT2D eigenvalue weighted by Crippen LogP contribution is -1.63. The van der Waals surface area contributed by atoms with Gasteiger partial charge >= 0.3 is 0 Å². The van der Waals surface area contributed by atoms with E-state index in [1.807, 2.05) is 6.92 Å². The summed E-state index contributed by atoms with van der Waals surface area (Å²) in [6, 6.07) is 0. The molecular formula is C5H9O2. The van der Waals surface area contributed by atoms with Gasteiger partial charge in [-0.1, -0.05) is 13.3 Å². The fourth-order valence-electron chi connectivity index (χ4n) is 0.274. The SMILES string of the molecule is CCCC=CO[O]. The molecule has 0 unspecified atom stereocenters. The Kier molecular flexibility index (Phi) is 5.11. The molecule has 0 spiro atoms. The highest BCUT2D eigenvalue weighted by Crippen LogP contribution is 1.86. The maximum absolute atomic E-state index is 9.22. The monoisotopic (exact) mass is 101 g/mol. The normalized spacial score (nSPS) is 10.0. The summed E-state index contributed by atoms with van der Waals surface area (Å²) >= 11 is 0. The largest absolute Gasteiger partial charge is 0.314 e. The lowest BCUT2D eigenvalue weighted by molar-refractivity contribution is -0.254. The summed E-state index contributed by atoms with van der Waals surface area (Å²) in [6.45, 7) is 2.04. The zero-order valence-corrected chi connectivity index (χ0v) is 4.39. The number of allylic oxidation sites excluding steroid dienone is 1. The maximum Gasteiger partial charge on any atom is 0.129 e. The molecule has 0 bridgehead atoms. The first-order valence-corrected chi connectivity index (χ1v) is 2.35. The predicted octanol–water partition coefficient (Wildman–Crippen LogP) is 1.66. The maximum atomic E-state index is 9.22. The van der Waals surface area contributed by atoms with E-state index in [9.17, 15) is 5.26 Å². The van der Waals surface area contributed by atoms with E-state index in [1.165, 1.54) is 0 Å². The number of hydrogen-bond donors (Lipinski definition) is 0. The van der Waals surface area contributed by atoms with Crippen LogP contribution in [-0.2, 0) is 10.1 Å². The molecule has 0 aliphatic carbocycles. The van der Waals surface area contributed by atoms with Crippen LogP contribution in [0.5, 0.6) is 0 Å². The molecule has 0 aromatic carbocycles. The van der Waals surface area contributed by atoms with Gasteiger partial charge in [0.05, 0.1) is 0 Å². The van der Waals surface area contributed by atoms with Gasteiger partial charge in [0.2, 0.25) is 0 Å². The van der Waals surface area contributed by atoms with Gasteiger partial charge in [-0.05, 0) is 12.5 Å². The van der Waals surface area contributed by atoms with E-state index in [4.69, 9.17) is 0 Å². The fraction of sp³-hybridized carbons (Fsp3) is 0.600. The van der Waals surface area contributed by atoms with E-state index in [1.54, 1.807) is 6.08 Å². The molecule has 0 saturated heterocycles. The minimum atomic E-state index is 0.919. The Morgan fingerprint density at radius 3 is 2.86 bits per heavy atom. The molecule has 41 valence electrons. The van der Waals surface area contributed by atoms with Crippen molar-refractivity contribution < 1.29 is 10.1 Å². The van der Waals surface area contributed by atoms with Gasteiger partial charge in [0.1, 0.15) is 6.26 Å². The molecule has 1 radical (unpaired) electrons. The van der Waals surface area contributed by atoms with Crippen molar-refractivity contribution in [3.05, 3.63) is 12.3 Å². The molecule has 0 atom stereocenters. The van der Waals surface area contributed by atoms with Gasteiger partial charge < -0.3 is 4.89 Å². The second-order valence-electron chi connectivity index (χ2n) is 1.26. The van der Waals surface area contributed by atoms with Gasteiger partial charge in [-0.2, -0.15) is 0 Å². The van der Waals surface area contributed by atoms with Gasteiger partial charge in [-0.15, -0.1) is 0 Å². The zero-order chi connectivity index (χ0) is 5.54. The summed E-state index contributed by atoms with van der Waals surface area (Å²) in [5, 5.41) is 9.22. The quantitative estimate of drug-likeness (QED) is 0.302. The Morgan fingerprint density at radius 1 is 1.71 bits per heavy atom. The molecule has 7 heavy (non-hydrogen) atoms. The number of hydrogen-bond acceptors (Lipinski definition) is 1. The molecule has 0 heterocycles. The first-order chi connectivity index (χ1) is 3.41. The van der Waals surface area contributed by atoms with Crippen molar-refractivity contribution in [2.24, 2.45) is 0 Å². The molecule has 0 aromatic heterocycles. The van der Waals surface area contributed by atoms with Crippen LogP contribution in [-0.4, -0.2) is 0 Å². The second kappa shape index (κ2) is 5.50. The van der Waals surface area contributed by atoms with Crippen LogP contribution >= 0.6 is 0 Å². The number of unbranched alkanes of at least 4 members (excludes halogenated alkanes) is 1. The molecule has 0 amide bonds. The first kappa shape index (κ1) is 6.50. The topological polar surface area (TPSA) is 29.1 Å². The third-order valence-corrected chi connectivity index (χ3v) is 0.607. The van der Waals surface area contributed by atoms with Crippen molar-refractivity contribution in [3.8, 4) is 0 Å². The van der Waals surface area contributed by atoms with E-state index in [0.717, 1.165) is 19.1 Å². The van der Waals surface area contributed by atoms with Gasteiger partial charge in [-0.3, -0.25) is 0 Å². The van der Waals surface area contributed by atoms with Crippen molar-refractivity contribution in [1.29, 1.82) is 0 Å². The number of rotatable bonds is 3. The van der Waals surface area contributed by atoms with Crippen LogP contribution in [0.25, 0.3) is 0 Å². The first-order valence-electron chi connectivity index (χ1n) is 2.35. The van der Waals surface area contributed by atoms with E-state index in [2.05, 4.69) is 4.89 Å². The Labute approximate surface area is 43.3 Å². The van der Waals surface area contributed by atoms with Gasteiger partial charge in [0.25, 0.3) is 0 Å². The summed E-state index contributed by atoms with van der Waals surface area (Å²) in [5.41, 5.74) is 0. The minimum Gasteiger partial charge on any atom is -0.314 e. The minimum absolute atomic E-state index is 0.919. The molecule has 2 heteroatoms. The summed E-state index contributed by atoms with van der Waals surface area (Å²) in [6.07, 6.45) is 4.83. The zero-order valence-electron chi connectivity index (χ0n) is 4.39. The van der Waals surface area contributed by atoms with Gasteiger partial charge in [-0.25, -0.2) is 0 Å². The van der Waals surface area contributed by atoms with Crippen molar-refractivity contribution >= 4 is 0 Å². The molecule has 0 aliphatic heterocycles. The molecule has 0 N–H and O–H groups in total. The summed E-state index contributed by atoms with van der Waals surface area (Å²) in [4.78, 5) is 3.41. The highest BCUT2D eigenvalue weighted by atomic mass is 17.1. The predicted molar refractivity (Wildman–Crippen MR) is 25.8 cm³/mol. The van der Waals surface area contributed by atoms with Crippen molar-refractivity contribution in [3.63, 3.8) is 0 Å². The summed E-state index contributed by atoms with van der Waals surface area (Å²) < 4.78 is 0. The molecule has 0 saturated carbocycles. The van der Waals surface area contributed by atoms with Crippen LogP contribution in [0.4, 0.5) is 0 Å². The van der Waals surface area contributed by atoms with E-state index >= 15 is 0 Å². The lowest BCUT2D eigenvalue weighted by Gasteiger charge is -1.78. The van der Waals surface area contributed by atoms with Crippen LogP contribution in [0.1, 0.15) is 19.8 Å². The lowest BCUT2D eigenvalue weighted by atomic mass is 10.3. The van der Waals surface area contributed by atoms with Crippen LogP contribution in [0, 0.1) is 0 Å². The van der Waals surface area contributed by atoms with Crippen molar-refractivity contribution in [1.82, 2.24) is 0 Å². The highest BCUT2D eigenvalue weighted by molar-refractivity contribution is 4.70. The van der Waals surface area contributed by atoms with Crippen LogP contribution < -0.4 is 0 Å². The van der Waals surface area contributed by atoms with Gasteiger partial charge in [0.15, 0.2) is 0 Å². The van der Waals surface area contributed by atoms with Crippen LogP contribution in [0.15, 0.2) is 12.3 Å². The average molecular weight is 101 g/mol. The summed E-state index contributed by atoms with van der Waals surface area (Å²) in [5.74, 6) is 0. The third-order valence-electron chi connectivity index (χ3n) is 0.607. The Hall–Kier alpha value is -0.500. The Balaban J connectivity index is 2.78. The van der Waals surface area contributed by atoms with E-state index < -0.39 is 0 Å². The fourth-order valence-corrected chi connectivity index (χ4v) is 0.274. The van der Waals surface area contributed by atoms with E-state index in [-0.39, 0.29) is 0 Å². The molecular weight excluding hydrogens is 92.1 g/mol. The highest BCUT2D eigenvalue weighted by Gasteiger charge is 1.69. The average Bonchev–Trinajstić information content (AvgIpc) is 1.69. The second-order valence-corrected chi connectivity index (χ2v) is 1.26. The van der Waals surface area contributed by atoms with Gasteiger partial charge in [0, 0.05) is 5.26 Å². The standard InChI is InChI=1S/C5H9O2/c1-2-3-4-5-7-6/h4-5H,2-3H2,1H3. The van der Waals surface area contributed by atoms with Crippen LogP contribution in [0.2, 0.25) is 0 Å². The van der Waals surface area contributed by atoms with Crippen molar-refractivity contribution in [2.45, 2.75) is 19.8 Å². The Bertz CT molecular complexity index is 50.0. The molecule has 0 aromatic rings. The smallest absolute Gasteiger partial charge is 0.129 e. The summed E-state index contributed by atoms with van der Waals surface area (Å²) in [7, 11) is 0. The van der Waals surface area contributed by atoms with E-state index in [0.29, 0.717) is 0 Å². The molecule has 0 aliphatic rings. The molecule has 0 fully saturated rings. The Morgan fingerprint density at radius 2 is 2.43 bits per heavy atom. The molecule has 2 nitrogen and oxygen atoms in total. The molecule has 0 rings (SSSR count). The van der Waals surface area contributed by atoms with Crippen LogP contribution in [0.3, 0.4) is 0 Å². The van der Waals surface area contributed by atoms with Crippen molar-refractivity contribution in [2.75, 3.05) is 0 Å². The third kappa shape index (κ3) is 5.50.